The van der Waals surface area contributed by atoms with Crippen LogP contribution in [0.3, 0.4) is 0 Å². The molecule has 0 atom stereocenters. The number of quaternary nitrogens is 3. The maximum Gasteiger partial charge on any atom is 0.0770 e. The monoisotopic (exact) mass is 723 g/mol. The van der Waals surface area contributed by atoms with Gasteiger partial charge >= 0.3 is 0 Å². The molecule has 168 valence electrons. The summed E-state index contributed by atoms with van der Waals surface area (Å²) in [7, 11) is 0. The lowest BCUT2D eigenvalue weighted by Crippen LogP contribution is -3.12. The number of likely N-dealkylation sites (tertiary alicyclic amines) is 3. The van der Waals surface area contributed by atoms with Gasteiger partial charge in [-0.2, -0.15) is 0 Å². The Labute approximate surface area is 222 Å². The van der Waals surface area contributed by atoms with Gasteiger partial charge in [-0.05, 0) is 78.6 Å². The minimum Gasteiger partial charge on any atom is -1.00 e. The van der Waals surface area contributed by atoms with Crippen LogP contribution in [0, 0.1) is 0 Å². The average Bonchev–Trinajstić information content (AvgIpc) is 2.71. The van der Waals surface area contributed by atoms with Gasteiger partial charge in [0, 0.05) is 0 Å². The number of hydrogen-bond acceptors (Lipinski definition) is 0. The molecule has 0 amide bonds. The molecule has 3 rings (SSSR count). The number of rotatable bonds is 3. The summed E-state index contributed by atoms with van der Waals surface area (Å²) in [5.41, 5.74) is 0. The fourth-order valence-corrected chi connectivity index (χ4v) is 4.22. The van der Waals surface area contributed by atoms with Gasteiger partial charge in [-0.15, -0.1) is 0 Å². The van der Waals surface area contributed by atoms with E-state index in [0.717, 1.165) is 0 Å². The second kappa shape index (κ2) is 24.3. The summed E-state index contributed by atoms with van der Waals surface area (Å²) in [6.45, 7) is 19.4. The first-order valence-electron chi connectivity index (χ1n) is 11.3. The normalized spacial score (nSPS) is 21.0. The largest absolute Gasteiger partial charge is 1.00 e. The molecule has 6 heteroatoms. The van der Waals surface area contributed by atoms with Gasteiger partial charge in [0.1, 0.15) is 0 Å². The van der Waals surface area contributed by atoms with Crippen molar-refractivity contribution in [2.24, 2.45) is 0 Å². The Morgan fingerprint density at radius 3 is 0.667 bits per heavy atom. The van der Waals surface area contributed by atoms with Crippen molar-refractivity contribution >= 4 is 0 Å². The van der Waals surface area contributed by atoms with E-state index in [0.29, 0.717) is 0 Å². The van der Waals surface area contributed by atoms with Gasteiger partial charge in [0.05, 0.1) is 58.9 Å². The maximum atomic E-state index is 2.28. The third kappa shape index (κ3) is 18.5. The van der Waals surface area contributed by atoms with Crippen molar-refractivity contribution < 1.29 is 86.6 Å². The highest BCUT2D eigenvalue weighted by atomic mass is 127. The van der Waals surface area contributed by atoms with E-state index in [1.165, 1.54) is 117 Å². The van der Waals surface area contributed by atoms with Crippen LogP contribution >= 0.6 is 0 Å². The van der Waals surface area contributed by atoms with E-state index in [1.54, 1.807) is 14.7 Å². The van der Waals surface area contributed by atoms with Gasteiger partial charge in [0.15, 0.2) is 0 Å². The standard InChI is InChI=1S/3C7H15N.3HI/c3*1-2-8-6-4-3-5-7-8;;;/h3*2-7H2,1H3;3*1H. The third-order valence-electron chi connectivity index (χ3n) is 6.18. The van der Waals surface area contributed by atoms with E-state index >= 15 is 0 Å². The van der Waals surface area contributed by atoms with Crippen molar-refractivity contribution in [3.05, 3.63) is 0 Å². The highest BCUT2D eigenvalue weighted by Gasteiger charge is 2.10. The molecule has 3 aliphatic heterocycles. The second-order valence-electron chi connectivity index (χ2n) is 7.99. The zero-order valence-electron chi connectivity index (χ0n) is 18.4. The fraction of sp³-hybridized carbons (Fsp3) is 1.00. The lowest BCUT2D eigenvalue weighted by molar-refractivity contribution is -0.903. The van der Waals surface area contributed by atoms with Crippen molar-refractivity contribution in [2.45, 2.75) is 78.6 Å². The van der Waals surface area contributed by atoms with Crippen LogP contribution in [0.2, 0.25) is 0 Å². The van der Waals surface area contributed by atoms with Crippen LogP contribution in [0.25, 0.3) is 0 Å². The molecule has 3 saturated heterocycles. The van der Waals surface area contributed by atoms with Crippen LogP contribution < -0.4 is 86.6 Å². The molecule has 0 bridgehead atoms. The third-order valence-corrected chi connectivity index (χ3v) is 6.18. The Kier molecular flexibility index (Phi) is 30.4. The molecule has 0 radical (unpaired) electrons. The molecule has 3 N–H and O–H groups in total. The number of halogens is 3. The minimum absolute atomic E-state index is 0. The zero-order valence-corrected chi connectivity index (χ0v) is 24.8. The molecule has 0 unspecified atom stereocenters. The van der Waals surface area contributed by atoms with E-state index in [2.05, 4.69) is 20.8 Å². The predicted molar refractivity (Wildman–Crippen MR) is 105 cm³/mol. The quantitative estimate of drug-likeness (QED) is 0.240. The minimum atomic E-state index is 0. The summed E-state index contributed by atoms with van der Waals surface area (Å²) in [6, 6.07) is 0. The Morgan fingerprint density at radius 2 is 0.556 bits per heavy atom. The summed E-state index contributed by atoms with van der Waals surface area (Å²) in [4.78, 5) is 5.41. The average molecular weight is 723 g/mol. The highest BCUT2D eigenvalue weighted by molar-refractivity contribution is 4.45. The Balaban J connectivity index is -0.000000303. The molecule has 0 spiro atoms. The smallest absolute Gasteiger partial charge is 0.0770 e. The molecule has 3 nitrogen and oxygen atoms in total. The van der Waals surface area contributed by atoms with Crippen molar-refractivity contribution in [3.63, 3.8) is 0 Å². The summed E-state index contributed by atoms with van der Waals surface area (Å²) < 4.78 is 0. The number of nitrogens with one attached hydrogen (secondary N) is 3. The van der Waals surface area contributed by atoms with Gasteiger partial charge in [0.25, 0.3) is 0 Å². The molecule has 3 aliphatic rings. The van der Waals surface area contributed by atoms with Gasteiger partial charge in [-0.3, -0.25) is 0 Å². The van der Waals surface area contributed by atoms with Crippen LogP contribution in [0.15, 0.2) is 0 Å². The molecule has 0 aromatic heterocycles. The molecule has 0 aromatic carbocycles. The lowest BCUT2D eigenvalue weighted by atomic mass is 10.1. The number of piperidine rings is 3. The van der Waals surface area contributed by atoms with E-state index < -0.39 is 0 Å². The Morgan fingerprint density at radius 1 is 0.370 bits per heavy atom. The molecule has 0 saturated carbocycles. The van der Waals surface area contributed by atoms with Gasteiger partial charge in [-0.25, -0.2) is 0 Å². The highest BCUT2D eigenvalue weighted by Crippen LogP contribution is 1.94. The van der Waals surface area contributed by atoms with E-state index in [9.17, 15) is 0 Å². The SMILES string of the molecule is CC[NH+]1CCCCC1.CC[NH+]1CCCCC1.CC[NH+]1CCCCC1.[I-].[I-].[I-]. The molecular formula is C21H48I3N3. The van der Waals surface area contributed by atoms with Gasteiger partial charge in [-0.1, -0.05) is 0 Å². The zero-order chi connectivity index (χ0) is 17.5. The molecule has 0 aromatic rings. The first-order valence-corrected chi connectivity index (χ1v) is 11.3. The van der Waals surface area contributed by atoms with Crippen molar-refractivity contribution in [1.82, 2.24) is 0 Å². The summed E-state index contributed by atoms with van der Waals surface area (Å²) >= 11 is 0. The van der Waals surface area contributed by atoms with Crippen LogP contribution in [0.4, 0.5) is 0 Å². The molecule has 3 heterocycles. The lowest BCUT2D eigenvalue weighted by Gasteiger charge is -2.21. The van der Waals surface area contributed by atoms with Crippen molar-refractivity contribution in [1.29, 1.82) is 0 Å². The molecular weight excluding hydrogens is 675 g/mol. The Bertz CT molecular complexity index is 223. The first kappa shape index (κ1) is 33.7. The molecule has 3 fully saturated rings. The second-order valence-corrected chi connectivity index (χ2v) is 7.99. The Hall–Kier alpha value is 2.07. The van der Waals surface area contributed by atoms with Crippen LogP contribution in [-0.2, 0) is 0 Å². The summed E-state index contributed by atoms with van der Waals surface area (Å²) in [5, 5.41) is 0. The first-order chi connectivity index (χ1) is 11.8. The predicted octanol–water partition coefficient (Wildman–Crippen LogP) is -8.76. The van der Waals surface area contributed by atoms with E-state index in [-0.39, 0.29) is 71.9 Å². The van der Waals surface area contributed by atoms with Crippen molar-refractivity contribution in [3.8, 4) is 0 Å². The van der Waals surface area contributed by atoms with Crippen LogP contribution in [0.1, 0.15) is 78.6 Å². The van der Waals surface area contributed by atoms with E-state index in [1.807, 2.05) is 0 Å². The van der Waals surface area contributed by atoms with Gasteiger partial charge in [0.2, 0.25) is 0 Å². The van der Waals surface area contributed by atoms with Crippen LogP contribution in [0.5, 0.6) is 0 Å². The van der Waals surface area contributed by atoms with Crippen molar-refractivity contribution in [2.75, 3.05) is 58.9 Å². The van der Waals surface area contributed by atoms with E-state index in [4.69, 9.17) is 0 Å². The molecule has 27 heavy (non-hydrogen) atoms. The fourth-order valence-electron chi connectivity index (χ4n) is 4.22. The molecule has 0 aliphatic carbocycles. The number of hydrogen-bond donors (Lipinski definition) is 3. The summed E-state index contributed by atoms with van der Waals surface area (Å²) in [5.74, 6) is 0. The summed E-state index contributed by atoms with van der Waals surface area (Å²) in [6.07, 6.45) is 13.2. The van der Waals surface area contributed by atoms with Gasteiger partial charge < -0.3 is 86.6 Å². The topological polar surface area (TPSA) is 13.3 Å². The van der Waals surface area contributed by atoms with Crippen LogP contribution in [-0.4, -0.2) is 58.9 Å². The maximum absolute atomic E-state index is 2.28.